The van der Waals surface area contributed by atoms with E-state index in [0.717, 1.165) is 16.0 Å². The van der Waals surface area contributed by atoms with Crippen LogP contribution in [0.15, 0.2) is 75.6 Å². The van der Waals surface area contributed by atoms with Gasteiger partial charge in [-0.1, -0.05) is 69.9 Å². The molecule has 5 nitrogen and oxygen atoms in total. The summed E-state index contributed by atoms with van der Waals surface area (Å²) in [5.74, 6) is 0. The minimum atomic E-state index is -0.398. The van der Waals surface area contributed by atoms with Gasteiger partial charge in [0, 0.05) is 16.5 Å². The summed E-state index contributed by atoms with van der Waals surface area (Å²) >= 11 is 13.2. The predicted molar refractivity (Wildman–Crippen MR) is 117 cm³/mol. The molecular formula is C21H16Cl2N2O3S. The quantitative estimate of drug-likeness (QED) is 0.224. The van der Waals surface area contributed by atoms with E-state index in [9.17, 15) is 10.1 Å². The minimum Gasteiger partial charge on any atom is -0.391 e. The molecule has 3 aromatic rings. The number of rotatable bonds is 7. The Kier molecular flexibility index (Phi) is 7.14. The van der Waals surface area contributed by atoms with Crippen LogP contribution in [-0.4, -0.2) is 11.1 Å². The van der Waals surface area contributed by atoms with Gasteiger partial charge in [-0.25, -0.2) is 0 Å². The summed E-state index contributed by atoms with van der Waals surface area (Å²) in [5.41, 5.74) is 2.53. The molecule has 0 atom stereocenters. The Labute approximate surface area is 182 Å². The molecule has 3 rings (SSSR count). The van der Waals surface area contributed by atoms with Crippen LogP contribution in [0, 0.1) is 17.0 Å². The maximum Gasteiger partial charge on any atom is 0.283 e. The predicted octanol–water partition coefficient (Wildman–Crippen LogP) is 6.91. The lowest BCUT2D eigenvalue weighted by atomic mass is 10.2. The van der Waals surface area contributed by atoms with Crippen LogP contribution in [0.5, 0.6) is 0 Å². The zero-order valence-electron chi connectivity index (χ0n) is 15.3. The van der Waals surface area contributed by atoms with E-state index in [1.54, 1.807) is 30.3 Å². The molecule has 0 fully saturated rings. The zero-order chi connectivity index (χ0) is 20.8. The Balaban J connectivity index is 1.68. The lowest BCUT2D eigenvalue weighted by Gasteiger charge is -2.05. The van der Waals surface area contributed by atoms with Gasteiger partial charge in [-0.15, -0.1) is 0 Å². The fourth-order valence-electron chi connectivity index (χ4n) is 2.42. The van der Waals surface area contributed by atoms with Gasteiger partial charge in [0.25, 0.3) is 5.69 Å². The zero-order valence-corrected chi connectivity index (χ0v) is 17.7. The first-order valence-corrected chi connectivity index (χ1v) is 10.1. The van der Waals surface area contributed by atoms with Crippen molar-refractivity contribution in [1.29, 1.82) is 0 Å². The van der Waals surface area contributed by atoms with Crippen molar-refractivity contribution in [2.45, 2.75) is 23.3 Å². The van der Waals surface area contributed by atoms with Gasteiger partial charge in [0.1, 0.15) is 6.61 Å². The third-order valence-corrected chi connectivity index (χ3v) is 5.73. The highest BCUT2D eigenvalue weighted by Gasteiger charge is 2.15. The smallest absolute Gasteiger partial charge is 0.283 e. The number of nitro benzene ring substituents is 1. The number of halogens is 2. The van der Waals surface area contributed by atoms with E-state index < -0.39 is 4.92 Å². The van der Waals surface area contributed by atoms with Gasteiger partial charge >= 0.3 is 0 Å². The molecule has 0 saturated heterocycles. The van der Waals surface area contributed by atoms with E-state index in [1.807, 2.05) is 31.2 Å². The normalized spacial score (nSPS) is 11.0. The van der Waals surface area contributed by atoms with Gasteiger partial charge in [-0.05, 0) is 42.8 Å². The van der Waals surface area contributed by atoms with Gasteiger partial charge < -0.3 is 4.84 Å². The van der Waals surface area contributed by atoms with Gasteiger partial charge in [0.2, 0.25) is 0 Å². The number of oxime groups is 1. The Bertz CT molecular complexity index is 1060. The van der Waals surface area contributed by atoms with Crippen LogP contribution in [0.25, 0.3) is 0 Å². The largest absolute Gasteiger partial charge is 0.391 e. The molecule has 0 aromatic heterocycles. The second-order valence-electron chi connectivity index (χ2n) is 6.16. The van der Waals surface area contributed by atoms with Crippen LogP contribution in [0.1, 0.15) is 16.7 Å². The van der Waals surface area contributed by atoms with Gasteiger partial charge in [0.15, 0.2) is 0 Å². The summed E-state index contributed by atoms with van der Waals surface area (Å²) in [7, 11) is 0. The fourth-order valence-corrected chi connectivity index (χ4v) is 3.64. The van der Waals surface area contributed by atoms with Crippen LogP contribution >= 0.6 is 35.0 Å². The first kappa shape index (κ1) is 21.2. The number of aryl methyl sites for hydroxylation is 1. The Morgan fingerprint density at radius 2 is 1.83 bits per heavy atom. The standard InChI is InChI=1S/C21H16Cl2N2O3S/c1-14-2-6-17(7-3-14)29-21-9-5-15(11-20(21)25(26)27)12-24-28-13-16-4-8-18(22)19(23)10-16/h2-12H,13H2,1H3/b24-12+. The van der Waals surface area contributed by atoms with Crippen molar-refractivity contribution in [1.82, 2.24) is 0 Å². The molecular weight excluding hydrogens is 431 g/mol. The molecule has 0 amide bonds. The topological polar surface area (TPSA) is 64.7 Å². The molecule has 0 unspecified atom stereocenters. The van der Waals surface area contributed by atoms with Crippen molar-refractivity contribution in [2.24, 2.45) is 5.16 Å². The fraction of sp³-hybridized carbons (Fsp3) is 0.0952. The molecule has 0 N–H and O–H groups in total. The van der Waals surface area contributed by atoms with Crippen LogP contribution < -0.4 is 0 Å². The maximum atomic E-state index is 11.5. The molecule has 0 bridgehead atoms. The Morgan fingerprint density at radius 1 is 1.07 bits per heavy atom. The van der Waals surface area contributed by atoms with E-state index in [-0.39, 0.29) is 12.3 Å². The van der Waals surface area contributed by atoms with Crippen LogP contribution in [0.4, 0.5) is 5.69 Å². The first-order chi connectivity index (χ1) is 13.9. The molecule has 0 saturated carbocycles. The van der Waals surface area contributed by atoms with Gasteiger partial charge in [-0.3, -0.25) is 10.1 Å². The number of benzene rings is 3. The van der Waals surface area contributed by atoms with E-state index in [0.29, 0.717) is 20.5 Å². The van der Waals surface area contributed by atoms with E-state index in [4.69, 9.17) is 28.0 Å². The first-order valence-electron chi connectivity index (χ1n) is 8.54. The summed E-state index contributed by atoms with van der Waals surface area (Å²) in [6, 6.07) is 17.9. The molecule has 0 radical (unpaired) electrons. The monoisotopic (exact) mass is 446 g/mol. The van der Waals surface area contributed by atoms with E-state index >= 15 is 0 Å². The second kappa shape index (κ2) is 9.78. The molecule has 148 valence electrons. The van der Waals surface area contributed by atoms with Crippen molar-refractivity contribution < 1.29 is 9.76 Å². The molecule has 29 heavy (non-hydrogen) atoms. The van der Waals surface area contributed by atoms with E-state index in [2.05, 4.69) is 5.16 Å². The molecule has 3 aromatic carbocycles. The number of nitrogens with zero attached hydrogens (tertiary/aromatic N) is 2. The summed E-state index contributed by atoms with van der Waals surface area (Å²) < 4.78 is 0. The highest BCUT2D eigenvalue weighted by atomic mass is 35.5. The van der Waals surface area contributed by atoms with Crippen LogP contribution in [0.2, 0.25) is 10.0 Å². The van der Waals surface area contributed by atoms with Crippen LogP contribution in [0.3, 0.4) is 0 Å². The lowest BCUT2D eigenvalue weighted by Crippen LogP contribution is -1.94. The third kappa shape index (κ3) is 5.97. The Hall–Kier alpha value is -2.54. The van der Waals surface area contributed by atoms with Crippen molar-refractivity contribution in [3.63, 3.8) is 0 Å². The average Bonchev–Trinajstić information content (AvgIpc) is 2.70. The average molecular weight is 447 g/mol. The van der Waals surface area contributed by atoms with Crippen molar-refractivity contribution in [3.8, 4) is 0 Å². The van der Waals surface area contributed by atoms with Crippen molar-refractivity contribution in [2.75, 3.05) is 0 Å². The molecule has 0 aliphatic heterocycles. The highest BCUT2D eigenvalue weighted by molar-refractivity contribution is 7.99. The van der Waals surface area contributed by atoms with Crippen molar-refractivity contribution in [3.05, 3.63) is 97.5 Å². The minimum absolute atomic E-state index is 0.0176. The summed E-state index contributed by atoms with van der Waals surface area (Å²) in [5, 5.41) is 16.3. The number of hydrogen-bond acceptors (Lipinski definition) is 5. The summed E-state index contributed by atoms with van der Waals surface area (Å²) in [4.78, 5) is 17.8. The van der Waals surface area contributed by atoms with Gasteiger partial charge in [0.05, 0.1) is 26.1 Å². The molecule has 0 heterocycles. The summed E-state index contributed by atoms with van der Waals surface area (Å²) in [6.45, 7) is 2.20. The third-order valence-electron chi connectivity index (χ3n) is 3.92. The van der Waals surface area contributed by atoms with Gasteiger partial charge in [-0.2, -0.15) is 0 Å². The van der Waals surface area contributed by atoms with E-state index in [1.165, 1.54) is 24.0 Å². The SMILES string of the molecule is Cc1ccc(Sc2ccc(/C=N/OCc3ccc(Cl)c(Cl)c3)cc2[N+](=O)[O-])cc1. The lowest BCUT2D eigenvalue weighted by molar-refractivity contribution is -0.387. The molecule has 0 aliphatic carbocycles. The number of hydrogen-bond donors (Lipinski definition) is 0. The molecule has 0 aliphatic rings. The second-order valence-corrected chi connectivity index (χ2v) is 8.09. The maximum absolute atomic E-state index is 11.5. The van der Waals surface area contributed by atoms with Crippen molar-refractivity contribution >= 4 is 46.9 Å². The Morgan fingerprint density at radius 3 is 2.52 bits per heavy atom. The highest BCUT2D eigenvalue weighted by Crippen LogP contribution is 2.35. The van der Waals surface area contributed by atoms with Crippen LogP contribution in [-0.2, 0) is 11.4 Å². The number of nitro groups is 1. The summed E-state index contributed by atoms with van der Waals surface area (Å²) in [6.07, 6.45) is 1.44. The molecule has 8 heteroatoms. The molecule has 0 spiro atoms.